The molecule has 0 saturated carbocycles. The number of hydrogen-bond acceptors (Lipinski definition) is 0. The average Bonchev–Trinajstić information content (AvgIpc) is 3.33. The maximum absolute atomic E-state index is 2.44. The van der Waals surface area contributed by atoms with Crippen molar-refractivity contribution in [3.8, 4) is 44.5 Å². The van der Waals surface area contributed by atoms with Crippen molar-refractivity contribution in [2.45, 2.75) is 19.3 Å². The Kier molecular flexibility index (Phi) is 3.56. The topological polar surface area (TPSA) is 0 Å². The third-order valence-electron chi connectivity index (χ3n) is 8.40. The minimum Gasteiger partial charge on any atom is -0.0619 e. The average molecular weight is 445 g/mol. The van der Waals surface area contributed by atoms with Crippen molar-refractivity contribution in [2.75, 3.05) is 0 Å². The highest BCUT2D eigenvalue weighted by molar-refractivity contribution is 6.20. The summed E-state index contributed by atoms with van der Waals surface area (Å²) >= 11 is 0. The summed E-state index contributed by atoms with van der Waals surface area (Å²) < 4.78 is 0. The Labute approximate surface area is 205 Å². The quantitative estimate of drug-likeness (QED) is 0.236. The van der Waals surface area contributed by atoms with Crippen molar-refractivity contribution in [2.24, 2.45) is 0 Å². The first kappa shape index (κ1) is 19.2. The second kappa shape index (κ2) is 6.49. The number of rotatable bonds is 1. The van der Waals surface area contributed by atoms with Crippen LogP contribution in [0.25, 0.3) is 66.1 Å². The van der Waals surface area contributed by atoms with E-state index < -0.39 is 0 Å². The van der Waals surface area contributed by atoms with E-state index in [4.69, 9.17) is 0 Å². The summed E-state index contributed by atoms with van der Waals surface area (Å²) in [5.74, 6) is 0. The van der Waals surface area contributed by atoms with Gasteiger partial charge in [-0.05, 0) is 95.4 Å². The van der Waals surface area contributed by atoms with Crippen LogP contribution in [0.4, 0.5) is 0 Å². The fourth-order valence-corrected chi connectivity index (χ4v) is 6.67. The molecule has 8 rings (SSSR count). The first-order valence-electron chi connectivity index (χ1n) is 12.5. The fraction of sp³-hybridized carbons (Fsp3) is 0.0857. The highest BCUT2D eigenvalue weighted by Gasteiger charge is 2.35. The molecular weight excluding hydrogens is 420 g/mol. The van der Waals surface area contributed by atoms with Gasteiger partial charge in [-0.15, -0.1) is 0 Å². The van der Waals surface area contributed by atoms with Gasteiger partial charge in [-0.1, -0.05) is 105 Å². The summed E-state index contributed by atoms with van der Waals surface area (Å²) in [7, 11) is 0. The summed E-state index contributed by atoms with van der Waals surface area (Å²) in [6.07, 6.45) is 0. The molecule has 6 aromatic carbocycles. The van der Waals surface area contributed by atoms with E-state index in [9.17, 15) is 0 Å². The Balaban J connectivity index is 1.37. The van der Waals surface area contributed by atoms with Crippen molar-refractivity contribution >= 4 is 21.5 Å². The molecule has 0 aliphatic heterocycles. The molecule has 0 bridgehead atoms. The maximum Gasteiger partial charge on any atom is 0.0159 e. The van der Waals surface area contributed by atoms with Crippen molar-refractivity contribution in [3.63, 3.8) is 0 Å². The summed E-state index contributed by atoms with van der Waals surface area (Å²) in [6, 6.07) is 40.9. The van der Waals surface area contributed by atoms with Gasteiger partial charge in [0.2, 0.25) is 0 Å². The molecule has 0 spiro atoms. The van der Waals surface area contributed by atoms with E-state index in [0.717, 1.165) is 0 Å². The van der Waals surface area contributed by atoms with E-state index in [1.54, 1.807) is 0 Å². The first-order chi connectivity index (χ1) is 17.1. The molecule has 2 aliphatic carbocycles. The summed E-state index contributed by atoms with van der Waals surface area (Å²) in [5.41, 5.74) is 13.6. The van der Waals surface area contributed by atoms with Crippen molar-refractivity contribution in [3.05, 3.63) is 120 Å². The van der Waals surface area contributed by atoms with Gasteiger partial charge >= 0.3 is 0 Å². The third kappa shape index (κ3) is 2.42. The first-order valence-corrected chi connectivity index (χ1v) is 12.5. The molecule has 6 aromatic rings. The third-order valence-corrected chi connectivity index (χ3v) is 8.40. The lowest BCUT2D eigenvalue weighted by molar-refractivity contribution is 0.660. The predicted molar refractivity (Wildman–Crippen MR) is 149 cm³/mol. The molecule has 35 heavy (non-hydrogen) atoms. The van der Waals surface area contributed by atoms with Gasteiger partial charge in [0.25, 0.3) is 0 Å². The molecule has 0 fully saturated rings. The lowest BCUT2D eigenvalue weighted by Gasteiger charge is -2.22. The molecule has 164 valence electrons. The Morgan fingerprint density at radius 1 is 0.429 bits per heavy atom. The van der Waals surface area contributed by atoms with E-state index in [0.29, 0.717) is 0 Å². The molecule has 0 amide bonds. The van der Waals surface area contributed by atoms with Gasteiger partial charge < -0.3 is 0 Å². The number of hydrogen-bond donors (Lipinski definition) is 0. The van der Waals surface area contributed by atoms with Gasteiger partial charge in [-0.3, -0.25) is 0 Å². The van der Waals surface area contributed by atoms with Crippen LogP contribution in [0.1, 0.15) is 25.0 Å². The molecule has 2 aliphatic rings. The molecule has 0 heterocycles. The summed E-state index contributed by atoms with van der Waals surface area (Å²) in [6.45, 7) is 4.71. The van der Waals surface area contributed by atoms with Crippen molar-refractivity contribution < 1.29 is 0 Å². The number of fused-ring (bicyclic) bond motifs is 7. The smallest absolute Gasteiger partial charge is 0.0159 e. The Hall–Kier alpha value is -4.16. The fourth-order valence-electron chi connectivity index (χ4n) is 6.67. The van der Waals surface area contributed by atoms with Crippen LogP contribution < -0.4 is 0 Å². The van der Waals surface area contributed by atoms with Gasteiger partial charge in [0.1, 0.15) is 0 Å². The van der Waals surface area contributed by atoms with Crippen LogP contribution in [0.15, 0.2) is 109 Å². The molecule has 0 unspecified atom stereocenters. The van der Waals surface area contributed by atoms with Crippen LogP contribution in [0.3, 0.4) is 0 Å². The van der Waals surface area contributed by atoms with E-state index in [1.807, 2.05) is 0 Å². The lowest BCUT2D eigenvalue weighted by Crippen LogP contribution is -2.14. The molecule has 0 radical (unpaired) electrons. The molecule has 0 heteroatoms. The highest BCUT2D eigenvalue weighted by Crippen LogP contribution is 2.52. The monoisotopic (exact) mass is 444 g/mol. The Morgan fingerprint density at radius 2 is 1.03 bits per heavy atom. The van der Waals surface area contributed by atoms with E-state index in [2.05, 4.69) is 123 Å². The molecule has 0 N–H and O–H groups in total. The van der Waals surface area contributed by atoms with E-state index >= 15 is 0 Å². The van der Waals surface area contributed by atoms with Gasteiger partial charge in [-0.2, -0.15) is 0 Å². The van der Waals surface area contributed by atoms with Gasteiger partial charge in [-0.25, -0.2) is 0 Å². The van der Waals surface area contributed by atoms with Crippen LogP contribution in [-0.4, -0.2) is 0 Å². The second-order valence-corrected chi connectivity index (χ2v) is 10.6. The van der Waals surface area contributed by atoms with Gasteiger partial charge in [0.15, 0.2) is 0 Å². The Morgan fingerprint density at radius 3 is 1.83 bits per heavy atom. The van der Waals surface area contributed by atoms with E-state index in [1.165, 1.54) is 77.2 Å². The van der Waals surface area contributed by atoms with E-state index in [-0.39, 0.29) is 5.41 Å². The number of benzene rings is 6. The molecule has 0 nitrogen and oxygen atoms in total. The summed E-state index contributed by atoms with van der Waals surface area (Å²) in [5, 5.41) is 5.33. The lowest BCUT2D eigenvalue weighted by atomic mass is 9.81. The van der Waals surface area contributed by atoms with Crippen LogP contribution in [0.5, 0.6) is 0 Å². The SMILES string of the molecule is CC1(C)c2ccccc2-c2ccc(-c3ccc4c5c(cccc35)-c3cc5ccccc5cc3-4)cc21. The Bertz CT molecular complexity index is 1820. The normalized spacial score (nSPS) is 14.2. The zero-order chi connectivity index (χ0) is 23.3. The van der Waals surface area contributed by atoms with Crippen LogP contribution >= 0.6 is 0 Å². The van der Waals surface area contributed by atoms with Crippen LogP contribution in [-0.2, 0) is 5.41 Å². The predicted octanol–water partition coefficient (Wildman–Crippen LogP) is 9.61. The second-order valence-electron chi connectivity index (χ2n) is 10.6. The molecule has 0 saturated heterocycles. The zero-order valence-corrected chi connectivity index (χ0v) is 19.9. The van der Waals surface area contributed by atoms with Gasteiger partial charge in [0.05, 0.1) is 0 Å². The van der Waals surface area contributed by atoms with Crippen LogP contribution in [0, 0.1) is 0 Å². The molecule has 0 aromatic heterocycles. The molecular formula is C35H24. The standard InChI is InChI=1S/C35H24/c1-35(2)32-13-6-5-10-25(32)26-15-14-23(20-33(26)35)24-16-17-29-31-19-22-9-4-3-8-21(22)18-30(31)28-12-7-11-27(24)34(28)29/h3-20H,1-2H3. The minimum atomic E-state index is 0.00708. The van der Waals surface area contributed by atoms with Crippen molar-refractivity contribution in [1.29, 1.82) is 0 Å². The van der Waals surface area contributed by atoms with Crippen LogP contribution in [0.2, 0.25) is 0 Å². The maximum atomic E-state index is 2.44. The largest absolute Gasteiger partial charge is 0.0619 e. The van der Waals surface area contributed by atoms with Gasteiger partial charge in [0, 0.05) is 5.41 Å². The van der Waals surface area contributed by atoms with Crippen molar-refractivity contribution in [1.82, 2.24) is 0 Å². The minimum absolute atomic E-state index is 0.00708. The summed E-state index contributed by atoms with van der Waals surface area (Å²) in [4.78, 5) is 0. The molecule has 0 atom stereocenters. The zero-order valence-electron chi connectivity index (χ0n) is 19.9. The highest BCUT2D eigenvalue weighted by atomic mass is 14.4.